The Hall–Kier alpha value is -2.49. The van der Waals surface area contributed by atoms with Crippen molar-refractivity contribution in [3.63, 3.8) is 0 Å². The van der Waals surface area contributed by atoms with Crippen LogP contribution in [0.4, 0.5) is 0 Å². The van der Waals surface area contributed by atoms with E-state index in [1.54, 1.807) is 0 Å². The molecule has 0 saturated heterocycles. The summed E-state index contributed by atoms with van der Waals surface area (Å²) in [6, 6.07) is 3.99. The molecule has 4 rings (SSSR count). The average Bonchev–Trinajstić information content (AvgIpc) is 2.55. The second-order valence-corrected chi connectivity index (χ2v) is 5.35. The van der Waals surface area contributed by atoms with Gasteiger partial charge >= 0.3 is 0 Å². The Kier molecular flexibility index (Phi) is 2.81. The molecule has 0 bridgehead atoms. The van der Waals surface area contributed by atoms with Crippen LogP contribution in [0.5, 0.6) is 0 Å². The van der Waals surface area contributed by atoms with Gasteiger partial charge in [0.1, 0.15) is 6.61 Å². The molecule has 1 aliphatic heterocycles. The zero-order chi connectivity index (χ0) is 14.2. The third-order valence-electron chi connectivity index (χ3n) is 3.93. The van der Waals surface area contributed by atoms with Gasteiger partial charge in [-0.25, -0.2) is 9.97 Å². The molecule has 0 unspecified atom stereocenters. The van der Waals surface area contributed by atoms with Crippen molar-refractivity contribution in [2.75, 3.05) is 6.61 Å². The second kappa shape index (κ2) is 4.81. The summed E-state index contributed by atoms with van der Waals surface area (Å²) in [6.07, 6.45) is 9.76. The molecule has 4 nitrogen and oxygen atoms in total. The Balaban J connectivity index is 1.82. The van der Waals surface area contributed by atoms with Crippen molar-refractivity contribution in [3.8, 4) is 11.4 Å². The molecule has 2 aromatic rings. The smallest absolute Gasteiger partial charge is 0.161 e. The fourth-order valence-electron chi connectivity index (χ4n) is 2.74. The van der Waals surface area contributed by atoms with E-state index in [1.165, 1.54) is 11.1 Å². The first-order valence-electron chi connectivity index (χ1n) is 7.12. The lowest BCUT2D eigenvalue weighted by Gasteiger charge is -2.23. The zero-order valence-electron chi connectivity index (χ0n) is 11.8. The molecule has 2 aliphatic rings. The Bertz CT molecular complexity index is 760. The van der Waals surface area contributed by atoms with Crippen LogP contribution < -0.4 is 0 Å². The van der Waals surface area contributed by atoms with Gasteiger partial charge in [-0.1, -0.05) is 0 Å². The third-order valence-corrected chi connectivity index (χ3v) is 3.93. The number of fused-ring (bicyclic) bond motifs is 3. The molecule has 0 N–H and O–H groups in total. The van der Waals surface area contributed by atoms with Gasteiger partial charge in [-0.2, -0.15) is 0 Å². The molecule has 0 atom stereocenters. The molecule has 0 spiro atoms. The second-order valence-electron chi connectivity index (χ2n) is 5.35. The average molecular weight is 277 g/mol. The normalized spacial score (nSPS) is 16.2. The molecular formula is C17H15N3O. The highest BCUT2D eigenvalue weighted by molar-refractivity contribution is 5.81. The number of aryl methyl sites for hydroxylation is 2. The van der Waals surface area contributed by atoms with E-state index in [1.807, 2.05) is 37.7 Å². The zero-order valence-corrected chi connectivity index (χ0v) is 11.8. The fourth-order valence-corrected chi connectivity index (χ4v) is 2.74. The molecule has 0 radical (unpaired) electrons. The largest absolute Gasteiger partial charge is 0.496 e. The van der Waals surface area contributed by atoms with E-state index in [4.69, 9.17) is 9.72 Å². The standard InChI is InChI=1S/C17H15N3O/c1-11-2-3-14(9-18-11)17-19-8-13-5-4-12-6-7-21-10-15(12)16(13)20-17/h2-3,6,8-10H,4-5,7H2,1H3. The Morgan fingerprint density at radius 1 is 1.10 bits per heavy atom. The first kappa shape index (κ1) is 12.3. The van der Waals surface area contributed by atoms with Crippen molar-refractivity contribution >= 4 is 5.57 Å². The summed E-state index contributed by atoms with van der Waals surface area (Å²) in [5, 5.41) is 0. The number of aromatic nitrogens is 3. The van der Waals surface area contributed by atoms with E-state index in [0.29, 0.717) is 12.4 Å². The molecule has 4 heteroatoms. The molecule has 0 amide bonds. The molecule has 3 heterocycles. The summed E-state index contributed by atoms with van der Waals surface area (Å²) in [4.78, 5) is 13.6. The van der Waals surface area contributed by atoms with Gasteiger partial charge in [-0.15, -0.1) is 0 Å². The Labute approximate surface area is 123 Å². The monoisotopic (exact) mass is 277 g/mol. The van der Waals surface area contributed by atoms with E-state index in [0.717, 1.165) is 35.4 Å². The summed E-state index contributed by atoms with van der Waals surface area (Å²) in [5.74, 6) is 0.717. The lowest BCUT2D eigenvalue weighted by Crippen LogP contribution is -2.12. The first-order chi connectivity index (χ1) is 10.3. The quantitative estimate of drug-likeness (QED) is 0.803. The number of pyridine rings is 1. The van der Waals surface area contributed by atoms with Gasteiger partial charge in [-0.05, 0) is 49.1 Å². The minimum Gasteiger partial charge on any atom is -0.496 e. The number of allylic oxidation sites excluding steroid dienone is 2. The van der Waals surface area contributed by atoms with Crippen LogP contribution in [0.2, 0.25) is 0 Å². The maximum Gasteiger partial charge on any atom is 0.161 e. The lowest BCUT2D eigenvalue weighted by atomic mass is 9.87. The topological polar surface area (TPSA) is 47.9 Å². The van der Waals surface area contributed by atoms with E-state index in [2.05, 4.69) is 16.0 Å². The van der Waals surface area contributed by atoms with Gasteiger partial charge in [0.2, 0.25) is 0 Å². The van der Waals surface area contributed by atoms with Crippen molar-refractivity contribution in [3.05, 3.63) is 59.4 Å². The van der Waals surface area contributed by atoms with Crippen LogP contribution in [0.3, 0.4) is 0 Å². The summed E-state index contributed by atoms with van der Waals surface area (Å²) in [6.45, 7) is 2.63. The van der Waals surface area contributed by atoms with Gasteiger partial charge in [0.05, 0.1) is 12.0 Å². The number of ether oxygens (including phenoxy) is 1. The van der Waals surface area contributed by atoms with Crippen molar-refractivity contribution in [1.29, 1.82) is 0 Å². The minimum atomic E-state index is 0.661. The third kappa shape index (κ3) is 2.13. The SMILES string of the molecule is Cc1ccc(-c2ncc3c(n2)C2=COCC=C2CC3)cn1. The van der Waals surface area contributed by atoms with Crippen molar-refractivity contribution in [1.82, 2.24) is 15.0 Å². The first-order valence-corrected chi connectivity index (χ1v) is 7.12. The summed E-state index contributed by atoms with van der Waals surface area (Å²) in [5.41, 5.74) is 6.55. The summed E-state index contributed by atoms with van der Waals surface area (Å²) < 4.78 is 5.45. The fraction of sp³-hybridized carbons (Fsp3) is 0.235. The Morgan fingerprint density at radius 2 is 2.05 bits per heavy atom. The summed E-state index contributed by atoms with van der Waals surface area (Å²) >= 11 is 0. The van der Waals surface area contributed by atoms with Crippen LogP contribution in [-0.4, -0.2) is 21.6 Å². The number of rotatable bonds is 1. The highest BCUT2D eigenvalue weighted by atomic mass is 16.5. The number of hydrogen-bond acceptors (Lipinski definition) is 4. The summed E-state index contributed by atoms with van der Waals surface area (Å²) in [7, 11) is 0. The van der Waals surface area contributed by atoms with Crippen LogP contribution in [0, 0.1) is 6.92 Å². The van der Waals surface area contributed by atoms with E-state index < -0.39 is 0 Å². The van der Waals surface area contributed by atoms with Gasteiger partial charge in [-0.3, -0.25) is 4.98 Å². The maximum atomic E-state index is 5.45. The minimum absolute atomic E-state index is 0.661. The van der Waals surface area contributed by atoms with E-state index >= 15 is 0 Å². The van der Waals surface area contributed by atoms with Gasteiger partial charge < -0.3 is 4.74 Å². The van der Waals surface area contributed by atoms with Crippen LogP contribution in [-0.2, 0) is 11.2 Å². The Morgan fingerprint density at radius 3 is 2.90 bits per heavy atom. The molecule has 0 saturated carbocycles. The molecule has 0 aromatic carbocycles. The van der Waals surface area contributed by atoms with E-state index in [9.17, 15) is 0 Å². The molecule has 2 aromatic heterocycles. The van der Waals surface area contributed by atoms with Gasteiger partial charge in [0.25, 0.3) is 0 Å². The van der Waals surface area contributed by atoms with Crippen LogP contribution in [0.25, 0.3) is 17.0 Å². The highest BCUT2D eigenvalue weighted by Gasteiger charge is 2.23. The predicted molar refractivity (Wildman–Crippen MR) is 80.3 cm³/mol. The number of nitrogens with zero attached hydrogens (tertiary/aromatic N) is 3. The van der Waals surface area contributed by atoms with Gasteiger partial charge in [0.15, 0.2) is 5.82 Å². The van der Waals surface area contributed by atoms with Crippen molar-refractivity contribution in [2.24, 2.45) is 0 Å². The van der Waals surface area contributed by atoms with Crippen LogP contribution in [0.1, 0.15) is 23.4 Å². The van der Waals surface area contributed by atoms with E-state index in [-0.39, 0.29) is 0 Å². The van der Waals surface area contributed by atoms with Crippen LogP contribution in [0.15, 0.2) is 42.4 Å². The molecule has 104 valence electrons. The molecule has 1 aliphatic carbocycles. The molecule has 21 heavy (non-hydrogen) atoms. The highest BCUT2D eigenvalue weighted by Crippen LogP contribution is 2.35. The molecular weight excluding hydrogens is 262 g/mol. The predicted octanol–water partition coefficient (Wildman–Crippen LogP) is 3.09. The molecule has 0 fully saturated rings. The number of hydrogen-bond donors (Lipinski definition) is 0. The maximum absolute atomic E-state index is 5.45. The van der Waals surface area contributed by atoms with Crippen molar-refractivity contribution in [2.45, 2.75) is 19.8 Å². The lowest BCUT2D eigenvalue weighted by molar-refractivity contribution is 0.286. The van der Waals surface area contributed by atoms with Gasteiger partial charge in [0, 0.05) is 29.2 Å². The van der Waals surface area contributed by atoms with Crippen molar-refractivity contribution < 1.29 is 4.74 Å². The van der Waals surface area contributed by atoms with Crippen LogP contribution >= 0.6 is 0 Å².